The number of carbonyl (C=O) groups is 1. The zero-order valence-corrected chi connectivity index (χ0v) is 8.74. The van der Waals surface area contributed by atoms with Crippen LogP contribution in [0.25, 0.3) is 0 Å². The number of hydrogen-bond acceptors (Lipinski definition) is 3. The highest BCUT2D eigenvalue weighted by Crippen LogP contribution is 2.37. The quantitative estimate of drug-likeness (QED) is 0.755. The molecule has 1 aromatic rings. The third-order valence-electron chi connectivity index (χ3n) is 3.24. The fourth-order valence-corrected chi connectivity index (χ4v) is 2.43. The van der Waals surface area contributed by atoms with Crippen molar-refractivity contribution in [1.82, 2.24) is 4.90 Å². The smallest absolute Gasteiger partial charge is 0.227 e. The van der Waals surface area contributed by atoms with Crippen molar-refractivity contribution in [3.05, 3.63) is 35.9 Å². The molecule has 4 nitrogen and oxygen atoms in total. The van der Waals surface area contributed by atoms with Crippen molar-refractivity contribution < 1.29 is 14.6 Å². The van der Waals surface area contributed by atoms with Crippen LogP contribution in [0.4, 0.5) is 0 Å². The molecule has 0 saturated carbocycles. The van der Waals surface area contributed by atoms with Gasteiger partial charge in [0.05, 0.1) is 25.2 Å². The predicted molar refractivity (Wildman–Crippen MR) is 56.4 cm³/mol. The van der Waals surface area contributed by atoms with Crippen molar-refractivity contribution in [3.63, 3.8) is 0 Å². The summed E-state index contributed by atoms with van der Waals surface area (Å²) in [6, 6.07) is 9.47. The number of rotatable bonds is 1. The summed E-state index contributed by atoms with van der Waals surface area (Å²) in [6.07, 6.45) is -0.686. The highest BCUT2D eigenvalue weighted by molar-refractivity contribution is 5.80. The van der Waals surface area contributed by atoms with Crippen molar-refractivity contribution in [2.24, 2.45) is 0 Å². The number of aliphatic hydroxyl groups excluding tert-OH is 1. The van der Waals surface area contributed by atoms with Crippen LogP contribution in [-0.2, 0) is 9.53 Å². The molecule has 0 radical (unpaired) electrons. The molecule has 1 aromatic carbocycles. The van der Waals surface area contributed by atoms with Gasteiger partial charge in [-0.15, -0.1) is 0 Å². The molecule has 3 rings (SSSR count). The second kappa shape index (κ2) is 3.57. The number of fused-ring (bicyclic) bond motifs is 1. The van der Waals surface area contributed by atoms with Crippen LogP contribution >= 0.6 is 0 Å². The van der Waals surface area contributed by atoms with Crippen LogP contribution in [-0.4, -0.2) is 34.7 Å². The Morgan fingerprint density at radius 2 is 2.06 bits per heavy atom. The molecule has 0 aliphatic carbocycles. The van der Waals surface area contributed by atoms with Gasteiger partial charge in [0, 0.05) is 5.56 Å². The topological polar surface area (TPSA) is 49.8 Å². The van der Waals surface area contributed by atoms with Gasteiger partial charge in [-0.25, -0.2) is 0 Å². The van der Waals surface area contributed by atoms with Gasteiger partial charge in [-0.05, 0) is 0 Å². The second-order valence-corrected chi connectivity index (χ2v) is 4.24. The first-order valence-corrected chi connectivity index (χ1v) is 5.43. The van der Waals surface area contributed by atoms with Crippen molar-refractivity contribution in [3.8, 4) is 0 Å². The summed E-state index contributed by atoms with van der Waals surface area (Å²) in [4.78, 5) is 13.4. The molecule has 0 aromatic heterocycles. The number of hydrogen-bond donors (Lipinski definition) is 1. The van der Waals surface area contributed by atoms with E-state index in [9.17, 15) is 9.90 Å². The maximum absolute atomic E-state index is 11.7. The Morgan fingerprint density at radius 1 is 1.31 bits per heavy atom. The largest absolute Gasteiger partial charge is 0.390 e. The monoisotopic (exact) mass is 219 g/mol. The van der Waals surface area contributed by atoms with Crippen molar-refractivity contribution in [2.45, 2.75) is 24.8 Å². The van der Waals surface area contributed by atoms with E-state index in [1.807, 2.05) is 30.3 Å². The summed E-state index contributed by atoms with van der Waals surface area (Å²) in [5.74, 6) is -0.0242. The molecule has 1 N–H and O–H groups in total. The van der Waals surface area contributed by atoms with Gasteiger partial charge in [-0.3, -0.25) is 4.79 Å². The summed E-state index contributed by atoms with van der Waals surface area (Å²) < 4.78 is 5.59. The number of ether oxygens (including phenoxy) is 1. The van der Waals surface area contributed by atoms with E-state index < -0.39 is 6.10 Å². The van der Waals surface area contributed by atoms with E-state index in [1.165, 1.54) is 0 Å². The van der Waals surface area contributed by atoms with E-state index in [4.69, 9.17) is 4.74 Å². The van der Waals surface area contributed by atoms with Crippen LogP contribution in [0.5, 0.6) is 0 Å². The zero-order valence-electron chi connectivity index (χ0n) is 8.74. The zero-order chi connectivity index (χ0) is 11.1. The Balaban J connectivity index is 1.92. The summed E-state index contributed by atoms with van der Waals surface area (Å²) in [7, 11) is 0. The van der Waals surface area contributed by atoms with Crippen LogP contribution in [0.1, 0.15) is 18.2 Å². The molecule has 2 saturated heterocycles. The Hall–Kier alpha value is -1.39. The van der Waals surface area contributed by atoms with E-state index in [1.54, 1.807) is 4.90 Å². The van der Waals surface area contributed by atoms with Gasteiger partial charge in [0.15, 0.2) is 6.23 Å². The maximum Gasteiger partial charge on any atom is 0.227 e. The Kier molecular flexibility index (Phi) is 2.19. The van der Waals surface area contributed by atoms with E-state index in [-0.39, 0.29) is 24.6 Å². The van der Waals surface area contributed by atoms with Gasteiger partial charge in [-0.1, -0.05) is 30.3 Å². The first kappa shape index (κ1) is 9.81. The summed E-state index contributed by atoms with van der Waals surface area (Å²) in [6.45, 7) is 0.423. The molecule has 0 spiro atoms. The van der Waals surface area contributed by atoms with Crippen LogP contribution in [0.2, 0.25) is 0 Å². The van der Waals surface area contributed by atoms with Crippen LogP contribution in [0.15, 0.2) is 30.3 Å². The maximum atomic E-state index is 11.7. The molecule has 0 bridgehead atoms. The Bertz CT molecular complexity index is 406. The molecule has 1 amide bonds. The molecule has 2 heterocycles. The van der Waals surface area contributed by atoms with E-state index >= 15 is 0 Å². The molecular weight excluding hydrogens is 206 g/mol. The van der Waals surface area contributed by atoms with Gasteiger partial charge in [-0.2, -0.15) is 0 Å². The van der Waals surface area contributed by atoms with E-state index in [2.05, 4.69) is 0 Å². The van der Waals surface area contributed by atoms with Gasteiger partial charge < -0.3 is 14.7 Å². The number of nitrogens with zero attached hydrogens (tertiary/aromatic N) is 1. The molecule has 2 fully saturated rings. The molecule has 3 atom stereocenters. The fourth-order valence-electron chi connectivity index (χ4n) is 2.43. The molecule has 2 aliphatic rings. The van der Waals surface area contributed by atoms with Gasteiger partial charge >= 0.3 is 0 Å². The average Bonchev–Trinajstić information content (AvgIpc) is 2.84. The highest BCUT2D eigenvalue weighted by Gasteiger charge is 2.48. The lowest BCUT2D eigenvalue weighted by molar-refractivity contribution is -0.134. The van der Waals surface area contributed by atoms with E-state index in [0.717, 1.165) is 5.56 Å². The second-order valence-electron chi connectivity index (χ2n) is 4.24. The van der Waals surface area contributed by atoms with Crippen LogP contribution in [0.3, 0.4) is 0 Å². The summed E-state index contributed by atoms with van der Waals surface area (Å²) in [5, 5.41) is 9.69. The summed E-state index contributed by atoms with van der Waals surface area (Å²) in [5.41, 5.74) is 0.965. The third kappa shape index (κ3) is 1.34. The van der Waals surface area contributed by atoms with Gasteiger partial charge in [0.1, 0.15) is 0 Å². The third-order valence-corrected chi connectivity index (χ3v) is 3.24. The highest BCUT2D eigenvalue weighted by atomic mass is 16.5. The fraction of sp³-hybridized carbons (Fsp3) is 0.417. The Labute approximate surface area is 93.4 Å². The minimum absolute atomic E-state index is 0.0242. The predicted octanol–water partition coefficient (Wildman–Crippen LogP) is 0.677. The molecule has 4 heteroatoms. The van der Waals surface area contributed by atoms with Crippen LogP contribution < -0.4 is 0 Å². The number of amides is 1. The van der Waals surface area contributed by atoms with Crippen molar-refractivity contribution in [2.75, 3.05) is 6.61 Å². The SMILES string of the molecule is O=C1C[C@H](O)[C@H]2CO[C@H](c3ccccc3)N12. The molecular formula is C12H13NO3. The average molecular weight is 219 g/mol. The standard InChI is InChI=1S/C12H13NO3/c14-10-6-11(15)13-9(10)7-16-12(13)8-4-2-1-3-5-8/h1-5,9-10,12,14H,6-7H2/t9-,10+,12-/m1/s1. The number of carbonyl (C=O) groups excluding carboxylic acids is 1. The summed E-state index contributed by atoms with van der Waals surface area (Å²) >= 11 is 0. The molecule has 16 heavy (non-hydrogen) atoms. The van der Waals surface area contributed by atoms with Gasteiger partial charge in [0.25, 0.3) is 0 Å². The lowest BCUT2D eigenvalue weighted by Gasteiger charge is -2.22. The first-order chi connectivity index (χ1) is 7.77. The lowest BCUT2D eigenvalue weighted by Crippen LogP contribution is -2.34. The number of benzene rings is 1. The Morgan fingerprint density at radius 3 is 2.81 bits per heavy atom. The first-order valence-electron chi connectivity index (χ1n) is 5.43. The number of aliphatic hydroxyl groups is 1. The molecule has 2 aliphatic heterocycles. The normalized spacial score (nSPS) is 33.2. The van der Waals surface area contributed by atoms with E-state index in [0.29, 0.717) is 6.61 Å². The van der Waals surface area contributed by atoms with Crippen molar-refractivity contribution >= 4 is 5.91 Å². The van der Waals surface area contributed by atoms with Crippen molar-refractivity contribution in [1.29, 1.82) is 0 Å². The van der Waals surface area contributed by atoms with Crippen LogP contribution in [0, 0.1) is 0 Å². The minimum Gasteiger partial charge on any atom is -0.390 e. The van der Waals surface area contributed by atoms with Gasteiger partial charge in [0.2, 0.25) is 5.91 Å². The molecule has 84 valence electrons. The lowest BCUT2D eigenvalue weighted by atomic mass is 10.2. The minimum atomic E-state index is -0.582. The molecule has 0 unspecified atom stereocenters.